The van der Waals surface area contributed by atoms with Crippen LogP contribution in [-0.2, 0) is 14.3 Å². The first kappa shape index (κ1) is 17.2. The van der Waals surface area contributed by atoms with Gasteiger partial charge in [0.15, 0.2) is 0 Å². The first-order valence-electron chi connectivity index (χ1n) is 6.08. The number of nitrogens with one attached hydrogen (secondary N) is 2. The van der Waals surface area contributed by atoms with Gasteiger partial charge in [0.05, 0.1) is 7.11 Å². The van der Waals surface area contributed by atoms with Crippen LogP contribution in [-0.4, -0.2) is 42.3 Å². The van der Waals surface area contributed by atoms with Gasteiger partial charge < -0.3 is 20.5 Å². The molecule has 110 valence electrons. The molecule has 0 rings (SSSR count). The van der Waals surface area contributed by atoms with E-state index >= 15 is 0 Å². The summed E-state index contributed by atoms with van der Waals surface area (Å²) >= 11 is 0. The fourth-order valence-electron chi connectivity index (χ4n) is 1.48. The SMILES string of the molecule is COC(=O)N[C@H](C(=O)N[C@H](C(=O)O)C(C)C)C(C)C. The number of ether oxygens (including phenoxy) is 1. The van der Waals surface area contributed by atoms with Gasteiger partial charge in [0.2, 0.25) is 5.91 Å². The van der Waals surface area contributed by atoms with Crippen LogP contribution in [0.2, 0.25) is 0 Å². The summed E-state index contributed by atoms with van der Waals surface area (Å²) in [6.45, 7) is 6.87. The maximum Gasteiger partial charge on any atom is 0.407 e. The first-order chi connectivity index (χ1) is 8.70. The molecule has 0 radical (unpaired) electrons. The predicted molar refractivity (Wildman–Crippen MR) is 68.6 cm³/mol. The van der Waals surface area contributed by atoms with E-state index in [0.29, 0.717) is 0 Å². The minimum absolute atomic E-state index is 0.194. The summed E-state index contributed by atoms with van der Waals surface area (Å²) in [5.41, 5.74) is 0. The summed E-state index contributed by atoms with van der Waals surface area (Å²) < 4.78 is 4.43. The van der Waals surface area contributed by atoms with Crippen LogP contribution in [0.1, 0.15) is 27.7 Å². The second-order valence-electron chi connectivity index (χ2n) is 4.93. The zero-order chi connectivity index (χ0) is 15.2. The molecular formula is C12H22N2O5. The molecular weight excluding hydrogens is 252 g/mol. The van der Waals surface area contributed by atoms with Crippen LogP contribution in [0, 0.1) is 11.8 Å². The van der Waals surface area contributed by atoms with Crippen molar-refractivity contribution in [3.63, 3.8) is 0 Å². The smallest absolute Gasteiger partial charge is 0.407 e. The molecule has 0 saturated heterocycles. The van der Waals surface area contributed by atoms with Crippen molar-refractivity contribution in [3.05, 3.63) is 0 Å². The van der Waals surface area contributed by atoms with E-state index < -0.39 is 30.1 Å². The Bertz CT molecular complexity index is 341. The van der Waals surface area contributed by atoms with Gasteiger partial charge in [-0.15, -0.1) is 0 Å². The highest BCUT2D eigenvalue weighted by atomic mass is 16.5. The van der Waals surface area contributed by atoms with Crippen molar-refractivity contribution < 1.29 is 24.2 Å². The molecule has 7 nitrogen and oxygen atoms in total. The number of aliphatic carboxylic acids is 1. The van der Waals surface area contributed by atoms with Crippen LogP contribution in [0.4, 0.5) is 4.79 Å². The molecule has 0 fully saturated rings. The highest BCUT2D eigenvalue weighted by Crippen LogP contribution is 2.06. The molecule has 0 aromatic heterocycles. The Hall–Kier alpha value is -1.79. The lowest BCUT2D eigenvalue weighted by molar-refractivity contribution is -0.143. The van der Waals surface area contributed by atoms with E-state index in [1.807, 2.05) is 0 Å². The van der Waals surface area contributed by atoms with Crippen molar-refractivity contribution in [2.75, 3.05) is 7.11 Å². The van der Waals surface area contributed by atoms with E-state index in [0.717, 1.165) is 0 Å². The van der Waals surface area contributed by atoms with Crippen LogP contribution in [0.5, 0.6) is 0 Å². The Balaban J connectivity index is 4.81. The number of carbonyl (C=O) groups is 3. The second-order valence-corrected chi connectivity index (χ2v) is 4.93. The third kappa shape index (κ3) is 5.58. The maximum absolute atomic E-state index is 12.0. The Morgan fingerprint density at radius 3 is 1.74 bits per heavy atom. The molecule has 0 aliphatic carbocycles. The van der Waals surface area contributed by atoms with E-state index in [1.54, 1.807) is 27.7 Å². The standard InChI is InChI=1S/C12H22N2O5/c1-6(2)8(14-12(18)19-5)10(15)13-9(7(3)4)11(16)17/h6-9H,1-5H3,(H,13,15)(H,14,18)(H,16,17)/t8-,9-/m0/s1. The molecule has 2 atom stereocenters. The molecule has 0 heterocycles. The van der Waals surface area contributed by atoms with Gasteiger partial charge in [-0.05, 0) is 11.8 Å². The summed E-state index contributed by atoms with van der Waals surface area (Å²) in [4.78, 5) is 34.2. The van der Waals surface area contributed by atoms with Crippen molar-refractivity contribution in [2.24, 2.45) is 11.8 Å². The number of amides is 2. The number of hydrogen-bond acceptors (Lipinski definition) is 4. The Morgan fingerprint density at radius 2 is 1.42 bits per heavy atom. The summed E-state index contributed by atoms with van der Waals surface area (Å²) in [6, 6.07) is -1.83. The zero-order valence-corrected chi connectivity index (χ0v) is 11.9. The third-order valence-corrected chi connectivity index (χ3v) is 2.64. The highest BCUT2D eigenvalue weighted by molar-refractivity contribution is 5.89. The minimum Gasteiger partial charge on any atom is -0.480 e. The van der Waals surface area contributed by atoms with Crippen molar-refractivity contribution in [3.8, 4) is 0 Å². The Labute approximate surface area is 112 Å². The van der Waals surface area contributed by atoms with Gasteiger partial charge in [0, 0.05) is 0 Å². The summed E-state index contributed by atoms with van der Waals surface area (Å²) in [7, 11) is 1.19. The average molecular weight is 274 g/mol. The van der Waals surface area contributed by atoms with Crippen LogP contribution < -0.4 is 10.6 Å². The molecule has 0 aliphatic heterocycles. The number of carboxylic acid groups (broad SMARTS) is 1. The molecule has 0 aromatic carbocycles. The average Bonchev–Trinajstić information content (AvgIpc) is 2.30. The molecule has 3 N–H and O–H groups in total. The van der Waals surface area contributed by atoms with E-state index in [-0.39, 0.29) is 11.8 Å². The van der Waals surface area contributed by atoms with Crippen molar-refractivity contribution in [1.29, 1.82) is 0 Å². The molecule has 19 heavy (non-hydrogen) atoms. The lowest BCUT2D eigenvalue weighted by atomic mass is 10.0. The Morgan fingerprint density at radius 1 is 0.947 bits per heavy atom. The molecule has 0 unspecified atom stereocenters. The minimum atomic E-state index is -1.11. The summed E-state index contributed by atoms with van der Waals surface area (Å²) in [5, 5.41) is 13.8. The van der Waals surface area contributed by atoms with Gasteiger partial charge in [-0.25, -0.2) is 9.59 Å². The van der Waals surface area contributed by atoms with Gasteiger partial charge in [-0.1, -0.05) is 27.7 Å². The molecule has 0 saturated carbocycles. The lowest BCUT2D eigenvalue weighted by Gasteiger charge is -2.24. The highest BCUT2D eigenvalue weighted by Gasteiger charge is 2.30. The van der Waals surface area contributed by atoms with Crippen LogP contribution in [0.25, 0.3) is 0 Å². The molecule has 0 aromatic rings. The van der Waals surface area contributed by atoms with Crippen molar-refractivity contribution in [1.82, 2.24) is 10.6 Å². The van der Waals surface area contributed by atoms with E-state index in [2.05, 4.69) is 15.4 Å². The number of rotatable bonds is 6. The van der Waals surface area contributed by atoms with Crippen LogP contribution >= 0.6 is 0 Å². The van der Waals surface area contributed by atoms with Gasteiger partial charge in [0.1, 0.15) is 12.1 Å². The van der Waals surface area contributed by atoms with Crippen LogP contribution in [0.15, 0.2) is 0 Å². The van der Waals surface area contributed by atoms with E-state index in [4.69, 9.17) is 5.11 Å². The van der Waals surface area contributed by atoms with Gasteiger partial charge >= 0.3 is 12.1 Å². The third-order valence-electron chi connectivity index (χ3n) is 2.64. The van der Waals surface area contributed by atoms with Gasteiger partial charge in [-0.2, -0.15) is 0 Å². The summed E-state index contributed by atoms with van der Waals surface area (Å²) in [6.07, 6.45) is -0.731. The van der Waals surface area contributed by atoms with Crippen molar-refractivity contribution in [2.45, 2.75) is 39.8 Å². The summed E-state index contributed by atoms with van der Waals surface area (Å²) in [5.74, 6) is -2.10. The number of alkyl carbamates (subject to hydrolysis) is 1. The molecule has 7 heteroatoms. The molecule has 0 aliphatic rings. The van der Waals surface area contributed by atoms with Gasteiger partial charge in [0.25, 0.3) is 0 Å². The second kappa shape index (κ2) is 7.60. The van der Waals surface area contributed by atoms with Crippen LogP contribution in [0.3, 0.4) is 0 Å². The zero-order valence-electron chi connectivity index (χ0n) is 11.9. The van der Waals surface area contributed by atoms with Gasteiger partial charge in [-0.3, -0.25) is 4.79 Å². The number of carboxylic acids is 1. The quantitative estimate of drug-likeness (QED) is 0.657. The Kier molecular flexibility index (Phi) is 6.89. The largest absolute Gasteiger partial charge is 0.480 e. The number of methoxy groups -OCH3 is 1. The van der Waals surface area contributed by atoms with E-state index in [1.165, 1.54) is 7.11 Å². The number of carbonyl (C=O) groups excluding carboxylic acids is 2. The molecule has 2 amide bonds. The van der Waals surface area contributed by atoms with Crippen molar-refractivity contribution >= 4 is 18.0 Å². The normalized spacial score (nSPS) is 13.8. The fourth-order valence-corrected chi connectivity index (χ4v) is 1.48. The number of hydrogen-bond donors (Lipinski definition) is 3. The first-order valence-corrected chi connectivity index (χ1v) is 6.08. The van der Waals surface area contributed by atoms with E-state index in [9.17, 15) is 14.4 Å². The monoisotopic (exact) mass is 274 g/mol. The molecule has 0 bridgehead atoms. The molecule has 0 spiro atoms. The lowest BCUT2D eigenvalue weighted by Crippen LogP contribution is -2.54. The predicted octanol–water partition coefficient (Wildman–Crippen LogP) is 0.592. The maximum atomic E-state index is 12.0. The fraction of sp³-hybridized carbons (Fsp3) is 0.750. The topological polar surface area (TPSA) is 105 Å².